The van der Waals surface area contributed by atoms with E-state index in [1.54, 1.807) is 24.3 Å². The number of aromatic nitrogens is 2. The maximum absolute atomic E-state index is 10.8. The van der Waals surface area contributed by atoms with Gasteiger partial charge in [-0.15, -0.1) is 0 Å². The van der Waals surface area contributed by atoms with E-state index in [2.05, 4.69) is 9.97 Å². The smallest absolute Gasteiger partial charge is 0.401 e. The van der Waals surface area contributed by atoms with Crippen LogP contribution in [0, 0.1) is 0 Å². The summed E-state index contributed by atoms with van der Waals surface area (Å²) in [4.78, 5) is 28.2. The molecule has 0 saturated carbocycles. The maximum Gasteiger partial charge on any atom is 0.401 e. The van der Waals surface area contributed by atoms with E-state index in [4.69, 9.17) is 10.2 Å². The highest BCUT2D eigenvalue weighted by molar-refractivity contribution is 5.86. The molecule has 2 heterocycles. The Balaban J connectivity index is 0.00000180. The summed E-state index contributed by atoms with van der Waals surface area (Å²) < 4.78 is 0. The van der Waals surface area contributed by atoms with Gasteiger partial charge in [-0.25, -0.2) is 14.6 Å². The van der Waals surface area contributed by atoms with Gasteiger partial charge in [-0.1, -0.05) is 6.07 Å². The van der Waals surface area contributed by atoms with Gasteiger partial charge in [0.1, 0.15) is 11.4 Å². The van der Waals surface area contributed by atoms with Gasteiger partial charge in [-0.2, -0.15) is 4.98 Å². The molecule has 3 N–H and O–H groups in total. The van der Waals surface area contributed by atoms with Crippen LogP contribution in [0.2, 0.25) is 0 Å². The van der Waals surface area contributed by atoms with Gasteiger partial charge in [0.2, 0.25) is 5.69 Å². The largest absolute Gasteiger partial charge is 1.00 e. The van der Waals surface area contributed by atoms with Crippen LogP contribution in [0.1, 0.15) is 21.0 Å². The number of nitrogens with one attached hydrogen (secondary N) is 1. The first-order valence-electron chi connectivity index (χ1n) is 5.04. The van der Waals surface area contributed by atoms with Crippen molar-refractivity contribution in [3.8, 4) is 11.4 Å². The number of aromatic carboxylic acids is 2. The van der Waals surface area contributed by atoms with Gasteiger partial charge in [0.05, 0.1) is 0 Å². The molecule has 0 spiro atoms. The number of nitrogens with zero attached hydrogens (tertiary/aromatic N) is 1. The third-order valence-corrected chi connectivity index (χ3v) is 2.27. The van der Waals surface area contributed by atoms with Gasteiger partial charge in [0.25, 0.3) is 5.69 Å². The van der Waals surface area contributed by atoms with Crippen LogP contribution >= 0.6 is 0 Å². The second kappa shape index (κ2) is 5.92. The third kappa shape index (κ3) is 3.26. The molecule has 19 heavy (non-hydrogen) atoms. The SMILES string of the molecule is O=C(O)c1cccc(-c2cccc(C(=O)O)[nH+]2)n1.[Cl-]. The van der Waals surface area contributed by atoms with Gasteiger partial charge in [-0.05, 0) is 18.2 Å². The Kier molecular flexibility index (Phi) is 4.55. The third-order valence-electron chi connectivity index (χ3n) is 2.27. The average Bonchev–Trinajstić information content (AvgIpc) is 2.39. The monoisotopic (exact) mass is 280 g/mol. The van der Waals surface area contributed by atoms with E-state index in [1.165, 1.54) is 12.1 Å². The Bertz CT molecular complexity index is 575. The molecular formula is C12H9ClN2O4. The van der Waals surface area contributed by atoms with E-state index in [-0.39, 0.29) is 23.8 Å². The number of hydrogen-bond acceptors (Lipinski definition) is 3. The molecule has 0 aliphatic heterocycles. The Morgan fingerprint density at radius 2 is 1.68 bits per heavy atom. The Morgan fingerprint density at radius 3 is 2.32 bits per heavy atom. The topological polar surface area (TPSA) is 102 Å². The molecule has 0 amide bonds. The zero-order valence-corrected chi connectivity index (χ0v) is 10.3. The highest BCUT2D eigenvalue weighted by atomic mass is 35.5. The number of carboxylic acids is 2. The quantitative estimate of drug-likeness (QED) is 0.675. The molecule has 2 aromatic rings. The van der Waals surface area contributed by atoms with Gasteiger partial charge < -0.3 is 22.6 Å². The minimum Gasteiger partial charge on any atom is -1.00 e. The van der Waals surface area contributed by atoms with Crippen molar-refractivity contribution < 1.29 is 37.2 Å². The molecule has 0 saturated heterocycles. The van der Waals surface area contributed by atoms with E-state index in [9.17, 15) is 9.59 Å². The van der Waals surface area contributed by atoms with Gasteiger partial charge in [0, 0.05) is 12.1 Å². The van der Waals surface area contributed by atoms with Crippen LogP contribution in [0.3, 0.4) is 0 Å². The second-order valence-corrected chi connectivity index (χ2v) is 3.50. The first-order chi connectivity index (χ1) is 8.58. The molecule has 0 radical (unpaired) electrons. The molecule has 2 rings (SSSR count). The molecule has 98 valence electrons. The summed E-state index contributed by atoms with van der Waals surface area (Å²) in [5, 5.41) is 17.7. The zero-order valence-electron chi connectivity index (χ0n) is 9.50. The molecular weight excluding hydrogens is 272 g/mol. The van der Waals surface area contributed by atoms with Crippen LogP contribution in [-0.2, 0) is 0 Å². The highest BCUT2D eigenvalue weighted by Crippen LogP contribution is 2.12. The summed E-state index contributed by atoms with van der Waals surface area (Å²) in [7, 11) is 0. The predicted octanol–water partition coefficient (Wildman–Crippen LogP) is -2.04. The molecule has 0 aliphatic carbocycles. The molecule has 0 aliphatic rings. The number of hydrogen-bond donors (Lipinski definition) is 2. The molecule has 0 unspecified atom stereocenters. The standard InChI is InChI=1S/C12H8N2O4.ClH/c15-11(16)9-5-1-3-7(13-9)8-4-2-6-10(14-8)12(17)18;/h1-6H,(H,15,16)(H,17,18);1H. The summed E-state index contributed by atoms with van der Waals surface area (Å²) >= 11 is 0. The van der Waals surface area contributed by atoms with E-state index < -0.39 is 11.9 Å². The molecule has 0 bridgehead atoms. The van der Waals surface area contributed by atoms with Crippen molar-refractivity contribution in [2.75, 3.05) is 0 Å². The lowest BCUT2D eigenvalue weighted by Gasteiger charge is -1.97. The minimum atomic E-state index is -1.13. The number of carboxylic acid groups (broad SMARTS) is 2. The number of aromatic amines is 1. The van der Waals surface area contributed by atoms with Crippen molar-refractivity contribution in [2.24, 2.45) is 0 Å². The molecule has 2 aromatic heterocycles. The van der Waals surface area contributed by atoms with Crippen LogP contribution in [0.15, 0.2) is 36.4 Å². The molecule has 0 atom stereocenters. The second-order valence-electron chi connectivity index (χ2n) is 3.50. The molecule has 6 nitrogen and oxygen atoms in total. The van der Waals surface area contributed by atoms with Gasteiger partial charge >= 0.3 is 11.9 Å². The highest BCUT2D eigenvalue weighted by Gasteiger charge is 2.15. The fourth-order valence-electron chi connectivity index (χ4n) is 1.45. The Morgan fingerprint density at radius 1 is 1.00 bits per heavy atom. The van der Waals surface area contributed by atoms with Gasteiger partial charge in [-0.3, -0.25) is 0 Å². The van der Waals surface area contributed by atoms with Crippen molar-refractivity contribution in [1.82, 2.24) is 4.98 Å². The van der Waals surface area contributed by atoms with Crippen LogP contribution in [0.4, 0.5) is 0 Å². The summed E-state index contributed by atoms with van der Waals surface area (Å²) in [5.74, 6) is -2.22. The fourth-order valence-corrected chi connectivity index (χ4v) is 1.45. The van der Waals surface area contributed by atoms with Crippen molar-refractivity contribution in [3.63, 3.8) is 0 Å². The van der Waals surface area contributed by atoms with E-state index in [0.717, 1.165) is 0 Å². The Hall–Kier alpha value is -2.47. The lowest BCUT2D eigenvalue weighted by atomic mass is 10.2. The van der Waals surface area contributed by atoms with Gasteiger partial charge in [0.15, 0.2) is 0 Å². The maximum atomic E-state index is 10.8. The van der Waals surface area contributed by atoms with E-state index in [1.807, 2.05) is 0 Å². The molecule has 0 fully saturated rings. The fraction of sp³-hybridized carbons (Fsp3) is 0. The lowest BCUT2D eigenvalue weighted by Crippen LogP contribution is -3.00. The normalized spacial score (nSPS) is 9.47. The average molecular weight is 281 g/mol. The molecule has 0 aromatic carbocycles. The first kappa shape index (κ1) is 14.6. The zero-order chi connectivity index (χ0) is 13.1. The van der Waals surface area contributed by atoms with Crippen molar-refractivity contribution in [2.45, 2.75) is 0 Å². The molecule has 7 heteroatoms. The summed E-state index contributed by atoms with van der Waals surface area (Å²) in [6.07, 6.45) is 0. The number of halogens is 1. The summed E-state index contributed by atoms with van der Waals surface area (Å²) in [6.45, 7) is 0. The van der Waals surface area contributed by atoms with E-state index >= 15 is 0 Å². The summed E-state index contributed by atoms with van der Waals surface area (Å²) in [5.41, 5.74) is 0.729. The minimum absolute atomic E-state index is 0. The van der Waals surface area contributed by atoms with E-state index in [0.29, 0.717) is 11.4 Å². The number of carbonyl (C=O) groups is 2. The number of rotatable bonds is 3. The summed E-state index contributed by atoms with van der Waals surface area (Å²) in [6, 6.07) is 9.11. The number of pyridine rings is 2. The van der Waals surface area contributed by atoms with Crippen LogP contribution in [-0.4, -0.2) is 27.1 Å². The van der Waals surface area contributed by atoms with Crippen LogP contribution < -0.4 is 17.4 Å². The number of H-pyrrole nitrogens is 1. The Labute approximate surface area is 114 Å². The van der Waals surface area contributed by atoms with Crippen molar-refractivity contribution in [3.05, 3.63) is 47.8 Å². The van der Waals surface area contributed by atoms with Crippen LogP contribution in [0.25, 0.3) is 11.4 Å². The first-order valence-corrected chi connectivity index (χ1v) is 5.04. The lowest BCUT2D eigenvalue weighted by molar-refractivity contribution is -0.370. The van der Waals surface area contributed by atoms with Crippen molar-refractivity contribution >= 4 is 11.9 Å². The predicted molar refractivity (Wildman–Crippen MR) is 60.1 cm³/mol. The van der Waals surface area contributed by atoms with Crippen molar-refractivity contribution in [1.29, 1.82) is 0 Å². The van der Waals surface area contributed by atoms with Crippen LogP contribution in [0.5, 0.6) is 0 Å².